The van der Waals surface area contributed by atoms with Crippen molar-refractivity contribution in [3.05, 3.63) is 24.3 Å². The molecule has 0 spiro atoms. The van der Waals surface area contributed by atoms with Crippen LogP contribution in [0.5, 0.6) is 11.5 Å². The standard InChI is InChI=1S/C10H9Cl3O4/c1-15-7-2-4-8(5-3-7)17-9(14)16-6-10(11,12)13/h2-5H,6H2,1H3. The number of hydrogen-bond donors (Lipinski definition) is 0. The van der Waals surface area contributed by atoms with E-state index in [0.717, 1.165) is 0 Å². The Balaban J connectivity index is 2.45. The molecule has 0 N–H and O–H groups in total. The summed E-state index contributed by atoms with van der Waals surface area (Å²) in [6.07, 6.45) is -0.943. The van der Waals surface area contributed by atoms with Gasteiger partial charge in [-0.3, -0.25) is 0 Å². The van der Waals surface area contributed by atoms with Crippen LogP contribution in [0, 0.1) is 0 Å². The van der Waals surface area contributed by atoms with Gasteiger partial charge in [-0.2, -0.15) is 0 Å². The maximum absolute atomic E-state index is 11.2. The lowest BCUT2D eigenvalue weighted by molar-refractivity contribution is 0.101. The third-order valence-corrected chi connectivity index (χ3v) is 1.94. The molecule has 17 heavy (non-hydrogen) atoms. The summed E-state index contributed by atoms with van der Waals surface area (Å²) < 4.78 is 12.7. The monoisotopic (exact) mass is 298 g/mol. The molecule has 0 aliphatic carbocycles. The summed E-state index contributed by atoms with van der Waals surface area (Å²) in [5.74, 6) is 0.951. The molecule has 0 bridgehead atoms. The van der Waals surface area contributed by atoms with Gasteiger partial charge in [-0.05, 0) is 24.3 Å². The number of benzene rings is 1. The summed E-state index contributed by atoms with van der Waals surface area (Å²) in [6.45, 7) is -0.382. The molecular weight excluding hydrogens is 290 g/mol. The predicted octanol–water partition coefficient (Wildman–Crippen LogP) is 3.58. The van der Waals surface area contributed by atoms with E-state index in [1.807, 2.05) is 0 Å². The van der Waals surface area contributed by atoms with Gasteiger partial charge in [0.1, 0.15) is 18.1 Å². The third-order valence-electron chi connectivity index (χ3n) is 1.61. The fraction of sp³-hybridized carbons (Fsp3) is 0.300. The number of halogens is 3. The molecule has 0 amide bonds. The van der Waals surface area contributed by atoms with Gasteiger partial charge in [0.2, 0.25) is 3.79 Å². The fourth-order valence-electron chi connectivity index (χ4n) is 0.910. The molecule has 0 aromatic heterocycles. The summed E-state index contributed by atoms with van der Waals surface area (Å²) in [4.78, 5) is 11.2. The van der Waals surface area contributed by atoms with Crippen LogP contribution in [-0.2, 0) is 4.74 Å². The maximum Gasteiger partial charge on any atom is 0.513 e. The van der Waals surface area contributed by atoms with Crippen molar-refractivity contribution in [1.29, 1.82) is 0 Å². The summed E-state index contributed by atoms with van der Waals surface area (Å²) in [7, 11) is 1.53. The van der Waals surface area contributed by atoms with Gasteiger partial charge in [0.05, 0.1) is 7.11 Å². The molecular formula is C10H9Cl3O4. The van der Waals surface area contributed by atoms with Crippen molar-refractivity contribution < 1.29 is 19.0 Å². The summed E-state index contributed by atoms with van der Waals surface area (Å²) >= 11 is 16.2. The number of methoxy groups -OCH3 is 1. The van der Waals surface area contributed by atoms with E-state index in [2.05, 4.69) is 4.74 Å². The Bertz CT molecular complexity index is 372. The lowest BCUT2D eigenvalue weighted by atomic mass is 10.3. The van der Waals surface area contributed by atoms with E-state index >= 15 is 0 Å². The van der Waals surface area contributed by atoms with Gasteiger partial charge in [0, 0.05) is 0 Å². The van der Waals surface area contributed by atoms with Gasteiger partial charge < -0.3 is 14.2 Å². The lowest BCUT2D eigenvalue weighted by Gasteiger charge is -2.11. The summed E-state index contributed by atoms with van der Waals surface area (Å²) in [6, 6.07) is 6.37. The van der Waals surface area contributed by atoms with Crippen LogP contribution >= 0.6 is 34.8 Å². The van der Waals surface area contributed by atoms with Gasteiger partial charge in [-0.15, -0.1) is 0 Å². The number of carbonyl (C=O) groups is 1. The fourth-order valence-corrected chi connectivity index (χ4v) is 1.07. The van der Waals surface area contributed by atoms with E-state index in [1.54, 1.807) is 24.3 Å². The number of rotatable bonds is 3. The van der Waals surface area contributed by atoms with Crippen LogP contribution in [0.2, 0.25) is 0 Å². The van der Waals surface area contributed by atoms with E-state index in [-0.39, 0.29) is 6.61 Å². The second-order valence-electron chi connectivity index (χ2n) is 2.93. The molecule has 1 aromatic rings. The number of carbonyl (C=O) groups excluding carboxylic acids is 1. The average Bonchev–Trinajstić information content (AvgIpc) is 2.27. The van der Waals surface area contributed by atoms with E-state index in [4.69, 9.17) is 44.3 Å². The van der Waals surface area contributed by atoms with Gasteiger partial charge in [0.15, 0.2) is 0 Å². The third kappa shape index (κ3) is 5.86. The smallest absolute Gasteiger partial charge is 0.497 e. The van der Waals surface area contributed by atoms with Crippen LogP contribution in [0.4, 0.5) is 4.79 Å². The molecule has 94 valence electrons. The number of hydrogen-bond acceptors (Lipinski definition) is 4. The van der Waals surface area contributed by atoms with Gasteiger partial charge in [0.25, 0.3) is 0 Å². The van der Waals surface area contributed by atoms with Gasteiger partial charge in [-0.25, -0.2) is 4.79 Å². The first-order valence-corrected chi connectivity index (χ1v) is 5.59. The van der Waals surface area contributed by atoms with Gasteiger partial charge >= 0.3 is 6.16 Å². The Morgan fingerprint density at radius 2 is 1.71 bits per heavy atom. The molecule has 0 aliphatic heterocycles. The van der Waals surface area contributed by atoms with Crippen LogP contribution in [0.25, 0.3) is 0 Å². The second kappa shape index (κ2) is 6.19. The molecule has 0 heterocycles. The number of alkyl halides is 3. The van der Waals surface area contributed by atoms with Crippen LogP contribution in [0.3, 0.4) is 0 Å². The van der Waals surface area contributed by atoms with E-state index in [9.17, 15) is 4.79 Å². The Morgan fingerprint density at radius 3 is 2.18 bits per heavy atom. The van der Waals surface area contributed by atoms with Gasteiger partial charge in [-0.1, -0.05) is 34.8 Å². The molecule has 0 saturated carbocycles. The SMILES string of the molecule is COc1ccc(OC(=O)OCC(Cl)(Cl)Cl)cc1. The highest BCUT2D eigenvalue weighted by molar-refractivity contribution is 6.67. The number of ether oxygens (including phenoxy) is 3. The zero-order valence-corrected chi connectivity index (χ0v) is 11.1. The molecule has 1 aromatic carbocycles. The Hall–Kier alpha value is -0.840. The predicted molar refractivity (Wildman–Crippen MR) is 65.3 cm³/mol. The molecule has 0 unspecified atom stereocenters. The topological polar surface area (TPSA) is 44.8 Å². The van der Waals surface area contributed by atoms with Crippen molar-refractivity contribution in [2.24, 2.45) is 0 Å². The first-order chi connectivity index (χ1) is 7.90. The quantitative estimate of drug-likeness (QED) is 0.486. The first-order valence-electron chi connectivity index (χ1n) is 4.46. The van der Waals surface area contributed by atoms with Crippen molar-refractivity contribution >= 4 is 41.0 Å². The van der Waals surface area contributed by atoms with Crippen molar-refractivity contribution in [3.63, 3.8) is 0 Å². The lowest BCUT2D eigenvalue weighted by Crippen LogP contribution is -2.19. The minimum absolute atomic E-state index is 0.306. The van der Waals surface area contributed by atoms with E-state index in [1.165, 1.54) is 7.11 Å². The van der Waals surface area contributed by atoms with Crippen LogP contribution < -0.4 is 9.47 Å². The molecule has 0 saturated heterocycles. The maximum atomic E-state index is 11.2. The summed E-state index contributed by atoms with van der Waals surface area (Å²) in [5, 5.41) is 0. The largest absolute Gasteiger partial charge is 0.513 e. The zero-order chi connectivity index (χ0) is 12.9. The van der Waals surface area contributed by atoms with Crippen LogP contribution in [0.1, 0.15) is 0 Å². The minimum Gasteiger partial charge on any atom is -0.497 e. The van der Waals surface area contributed by atoms with Crippen molar-refractivity contribution in [3.8, 4) is 11.5 Å². The molecule has 0 radical (unpaired) electrons. The zero-order valence-electron chi connectivity index (χ0n) is 8.78. The Labute approximate surface area is 113 Å². The Kier molecular flexibility index (Phi) is 5.18. The van der Waals surface area contributed by atoms with E-state index < -0.39 is 9.95 Å². The highest BCUT2D eigenvalue weighted by Crippen LogP contribution is 2.26. The van der Waals surface area contributed by atoms with Crippen molar-refractivity contribution in [1.82, 2.24) is 0 Å². The molecule has 7 heteroatoms. The average molecular weight is 300 g/mol. The molecule has 1 rings (SSSR count). The normalized spacial score (nSPS) is 10.8. The Morgan fingerprint density at radius 1 is 1.18 bits per heavy atom. The molecule has 0 fully saturated rings. The highest BCUT2D eigenvalue weighted by atomic mass is 35.6. The molecule has 4 nitrogen and oxygen atoms in total. The minimum atomic E-state index is -1.65. The van der Waals surface area contributed by atoms with Crippen molar-refractivity contribution in [2.75, 3.05) is 13.7 Å². The molecule has 0 atom stereocenters. The highest BCUT2D eigenvalue weighted by Gasteiger charge is 2.22. The van der Waals surface area contributed by atoms with E-state index in [0.29, 0.717) is 11.5 Å². The first kappa shape index (κ1) is 14.2. The van der Waals surface area contributed by atoms with Crippen LogP contribution in [-0.4, -0.2) is 23.7 Å². The second-order valence-corrected chi connectivity index (χ2v) is 5.45. The van der Waals surface area contributed by atoms with Crippen molar-refractivity contribution in [2.45, 2.75) is 3.79 Å². The summed E-state index contributed by atoms with van der Waals surface area (Å²) in [5.41, 5.74) is 0. The molecule has 0 aliphatic rings. The van der Waals surface area contributed by atoms with Crippen LogP contribution in [0.15, 0.2) is 24.3 Å².